The van der Waals surface area contributed by atoms with Crippen LogP contribution in [0.25, 0.3) is 11.6 Å². The van der Waals surface area contributed by atoms with E-state index in [-0.39, 0.29) is 17.5 Å². The summed E-state index contributed by atoms with van der Waals surface area (Å²) in [7, 11) is -3.88. The van der Waals surface area contributed by atoms with E-state index in [1.165, 1.54) is 10.4 Å². The SMILES string of the molecule is C/C(=C\c1ccc2c(c1)N(S(=O)(=O)c1cccc(C)c1)C[C@H](CCn1ccnc1)O2)c1c(F)cccc1Cl. The first-order valence-electron chi connectivity index (χ1n) is 12.2. The molecule has 0 saturated carbocycles. The first-order valence-corrected chi connectivity index (χ1v) is 14.0. The van der Waals surface area contributed by atoms with Gasteiger partial charge in [0.25, 0.3) is 10.0 Å². The van der Waals surface area contributed by atoms with Crippen LogP contribution >= 0.6 is 11.6 Å². The van der Waals surface area contributed by atoms with Gasteiger partial charge in [-0.05, 0) is 66.9 Å². The van der Waals surface area contributed by atoms with Gasteiger partial charge in [0.2, 0.25) is 0 Å². The second-order valence-corrected chi connectivity index (χ2v) is 11.6. The van der Waals surface area contributed by atoms with Crippen LogP contribution in [-0.2, 0) is 16.6 Å². The first kappa shape index (κ1) is 26.0. The average molecular weight is 552 g/mol. The van der Waals surface area contributed by atoms with E-state index >= 15 is 0 Å². The molecule has 4 aromatic rings. The van der Waals surface area contributed by atoms with E-state index in [0.717, 1.165) is 5.56 Å². The monoisotopic (exact) mass is 551 g/mol. The molecule has 0 saturated heterocycles. The lowest BCUT2D eigenvalue weighted by molar-refractivity contribution is 0.183. The molecule has 5 rings (SSSR count). The Morgan fingerprint density at radius 3 is 2.74 bits per heavy atom. The summed E-state index contributed by atoms with van der Waals surface area (Å²) in [4.78, 5) is 4.29. The fourth-order valence-electron chi connectivity index (χ4n) is 4.61. The Balaban J connectivity index is 1.54. The van der Waals surface area contributed by atoms with Crippen molar-refractivity contribution in [2.75, 3.05) is 10.8 Å². The molecule has 0 fully saturated rings. The number of hydrogen-bond donors (Lipinski definition) is 0. The van der Waals surface area contributed by atoms with Crippen LogP contribution in [-0.4, -0.2) is 30.6 Å². The van der Waals surface area contributed by atoms with E-state index in [4.69, 9.17) is 16.3 Å². The van der Waals surface area contributed by atoms with Crippen LogP contribution in [0.5, 0.6) is 5.75 Å². The number of rotatable bonds is 7. The standard InChI is InChI=1S/C29H27ClFN3O3S/c1-20-5-3-6-24(15-20)38(35,36)34-18-23(11-13-33-14-12-32-19-33)37-28-10-9-22(17-27(28)34)16-21(2)29-25(30)7-4-8-26(29)31/h3-10,12,14-17,19,23H,11,13,18H2,1-2H3/b21-16+/t23-/m0/s1. The van der Waals surface area contributed by atoms with Crippen molar-refractivity contribution in [3.05, 3.63) is 107 Å². The minimum Gasteiger partial charge on any atom is -0.486 e. The lowest BCUT2D eigenvalue weighted by Crippen LogP contribution is -2.44. The summed E-state index contributed by atoms with van der Waals surface area (Å²) in [5.74, 6) is 0.0544. The van der Waals surface area contributed by atoms with E-state index < -0.39 is 15.8 Å². The average Bonchev–Trinajstić information content (AvgIpc) is 3.41. The number of ether oxygens (including phenoxy) is 1. The Morgan fingerprint density at radius 1 is 1.18 bits per heavy atom. The zero-order valence-corrected chi connectivity index (χ0v) is 22.6. The summed E-state index contributed by atoms with van der Waals surface area (Å²) in [6, 6.07) is 16.8. The molecule has 0 N–H and O–H groups in total. The molecule has 38 heavy (non-hydrogen) atoms. The summed E-state index contributed by atoms with van der Waals surface area (Å²) in [6.07, 6.45) is 7.32. The molecule has 1 atom stereocenters. The number of hydrogen-bond acceptors (Lipinski definition) is 4. The maximum absolute atomic E-state index is 14.5. The molecule has 1 aromatic heterocycles. The van der Waals surface area contributed by atoms with Gasteiger partial charge in [-0.2, -0.15) is 0 Å². The molecule has 0 bridgehead atoms. The summed E-state index contributed by atoms with van der Waals surface area (Å²) in [6.45, 7) is 4.43. The van der Waals surface area contributed by atoms with E-state index in [2.05, 4.69) is 4.98 Å². The number of aryl methyl sites for hydroxylation is 2. The third kappa shape index (κ3) is 5.33. The molecule has 3 aromatic carbocycles. The van der Waals surface area contributed by atoms with Gasteiger partial charge in [0.1, 0.15) is 17.7 Å². The van der Waals surface area contributed by atoms with E-state index in [1.807, 2.05) is 29.8 Å². The molecule has 6 nitrogen and oxygen atoms in total. The van der Waals surface area contributed by atoms with Gasteiger partial charge >= 0.3 is 0 Å². The predicted molar refractivity (Wildman–Crippen MR) is 148 cm³/mol. The van der Waals surface area contributed by atoms with Crippen molar-refractivity contribution in [1.29, 1.82) is 0 Å². The van der Waals surface area contributed by atoms with E-state index in [0.29, 0.717) is 46.1 Å². The molecule has 2 heterocycles. The second kappa shape index (κ2) is 10.6. The lowest BCUT2D eigenvalue weighted by atomic mass is 10.0. The minimum atomic E-state index is -3.88. The van der Waals surface area contributed by atoms with Crippen molar-refractivity contribution in [2.45, 2.75) is 37.8 Å². The van der Waals surface area contributed by atoms with Crippen molar-refractivity contribution in [1.82, 2.24) is 9.55 Å². The van der Waals surface area contributed by atoms with Crippen molar-refractivity contribution in [3.8, 4) is 5.75 Å². The zero-order chi connectivity index (χ0) is 26.9. The molecule has 196 valence electrons. The largest absolute Gasteiger partial charge is 0.486 e. The first-order chi connectivity index (χ1) is 18.2. The third-order valence-corrected chi connectivity index (χ3v) is 8.59. The summed E-state index contributed by atoms with van der Waals surface area (Å²) in [5.41, 5.74) is 2.92. The number of nitrogens with zero attached hydrogens (tertiary/aromatic N) is 3. The summed E-state index contributed by atoms with van der Waals surface area (Å²) >= 11 is 6.26. The Kier molecular flexibility index (Phi) is 7.27. The number of halogens is 2. The Labute approximate surface area is 227 Å². The highest BCUT2D eigenvalue weighted by atomic mass is 35.5. The van der Waals surface area contributed by atoms with Crippen molar-refractivity contribution in [2.24, 2.45) is 0 Å². The third-order valence-electron chi connectivity index (χ3n) is 6.50. The topological polar surface area (TPSA) is 64.4 Å². The van der Waals surface area contributed by atoms with E-state index in [9.17, 15) is 12.8 Å². The molecule has 9 heteroatoms. The Morgan fingerprint density at radius 2 is 2.00 bits per heavy atom. The number of sulfonamides is 1. The molecule has 0 spiro atoms. The van der Waals surface area contributed by atoms with Gasteiger partial charge in [-0.3, -0.25) is 4.31 Å². The van der Waals surface area contributed by atoms with Crippen LogP contribution < -0.4 is 9.04 Å². The number of imidazole rings is 1. The van der Waals surface area contributed by atoms with Crippen molar-refractivity contribution < 1.29 is 17.5 Å². The molecule has 1 aliphatic heterocycles. The highest BCUT2D eigenvalue weighted by Gasteiger charge is 2.34. The Bertz CT molecular complexity index is 1580. The van der Waals surface area contributed by atoms with Gasteiger partial charge in [-0.1, -0.05) is 41.9 Å². The fourth-order valence-corrected chi connectivity index (χ4v) is 6.52. The van der Waals surface area contributed by atoms with Gasteiger partial charge < -0.3 is 9.30 Å². The van der Waals surface area contributed by atoms with Gasteiger partial charge in [0.05, 0.1) is 28.5 Å². The molecular weight excluding hydrogens is 525 g/mol. The number of benzene rings is 3. The zero-order valence-electron chi connectivity index (χ0n) is 21.0. The molecule has 0 unspecified atom stereocenters. The second-order valence-electron chi connectivity index (χ2n) is 9.33. The molecule has 0 radical (unpaired) electrons. The van der Waals surface area contributed by atoms with Gasteiger partial charge in [0, 0.05) is 30.9 Å². The molecule has 0 aliphatic carbocycles. The lowest BCUT2D eigenvalue weighted by Gasteiger charge is -2.36. The van der Waals surface area contributed by atoms with Gasteiger partial charge in [-0.15, -0.1) is 0 Å². The van der Waals surface area contributed by atoms with Gasteiger partial charge in [0.15, 0.2) is 0 Å². The highest BCUT2D eigenvalue weighted by molar-refractivity contribution is 7.92. The number of allylic oxidation sites excluding steroid dienone is 1. The predicted octanol–water partition coefficient (Wildman–Crippen LogP) is 6.59. The Hall–Kier alpha value is -3.62. The smallest absolute Gasteiger partial charge is 0.264 e. The van der Waals surface area contributed by atoms with Crippen LogP contribution in [0.1, 0.15) is 30.0 Å². The number of anilines is 1. The van der Waals surface area contributed by atoms with Crippen LogP contribution in [0.15, 0.2) is 84.3 Å². The van der Waals surface area contributed by atoms with Crippen LogP contribution in [0.3, 0.4) is 0 Å². The van der Waals surface area contributed by atoms with E-state index in [1.54, 1.807) is 68.0 Å². The highest BCUT2D eigenvalue weighted by Crippen LogP contribution is 2.39. The van der Waals surface area contributed by atoms with Crippen molar-refractivity contribution >= 4 is 39.0 Å². The normalized spacial score (nSPS) is 15.7. The quantitative estimate of drug-likeness (QED) is 0.243. The molecule has 1 aliphatic rings. The maximum Gasteiger partial charge on any atom is 0.264 e. The van der Waals surface area contributed by atoms with Crippen molar-refractivity contribution in [3.63, 3.8) is 0 Å². The maximum atomic E-state index is 14.5. The summed E-state index contributed by atoms with van der Waals surface area (Å²) < 4.78 is 51.9. The molecule has 0 amide bonds. The fraction of sp³-hybridized carbons (Fsp3) is 0.207. The van der Waals surface area contributed by atoms with Crippen LogP contribution in [0, 0.1) is 12.7 Å². The molecular formula is C29H27ClFN3O3S. The van der Waals surface area contributed by atoms with Crippen LogP contribution in [0.2, 0.25) is 5.02 Å². The van der Waals surface area contributed by atoms with Crippen LogP contribution in [0.4, 0.5) is 10.1 Å². The number of fused-ring (bicyclic) bond motifs is 1. The van der Waals surface area contributed by atoms with Gasteiger partial charge in [-0.25, -0.2) is 17.8 Å². The summed E-state index contributed by atoms with van der Waals surface area (Å²) in [5, 5.41) is 0.310. The minimum absolute atomic E-state index is 0.156. The number of aromatic nitrogens is 2.